The lowest BCUT2D eigenvalue weighted by Crippen LogP contribution is -2.08. The Morgan fingerprint density at radius 2 is 2.29 bits per heavy atom. The van der Waals surface area contributed by atoms with E-state index in [1.807, 2.05) is 17.9 Å². The monoisotopic (exact) mass is 189 g/mol. The Hall–Kier alpha value is -1.35. The zero-order valence-corrected chi connectivity index (χ0v) is 8.57. The van der Waals surface area contributed by atoms with Gasteiger partial charge in [0.15, 0.2) is 0 Å². The van der Waals surface area contributed by atoms with Gasteiger partial charge in [-0.25, -0.2) is 4.98 Å². The third kappa shape index (κ3) is 1.40. The lowest BCUT2D eigenvalue weighted by molar-refractivity contribution is 0.775. The van der Waals surface area contributed by atoms with Crippen molar-refractivity contribution >= 4 is 11.0 Å². The highest BCUT2D eigenvalue weighted by Gasteiger charge is 2.05. The number of fused-ring (bicyclic) bond motifs is 1. The van der Waals surface area contributed by atoms with Crippen molar-refractivity contribution in [1.82, 2.24) is 9.55 Å². The maximum Gasteiger partial charge on any atom is 0.0955 e. The number of benzene rings is 1. The molecule has 0 aliphatic heterocycles. The Morgan fingerprint density at radius 1 is 1.50 bits per heavy atom. The number of hydrogen-bond donors (Lipinski definition) is 1. The molecular formula is C11H15N3. The van der Waals surface area contributed by atoms with Crippen molar-refractivity contribution in [3.8, 4) is 0 Å². The minimum absolute atomic E-state index is 0.404. The van der Waals surface area contributed by atoms with Gasteiger partial charge in [0.25, 0.3) is 0 Å². The summed E-state index contributed by atoms with van der Waals surface area (Å²) in [7, 11) is 2.00. The minimum atomic E-state index is 0.404. The molecule has 1 heterocycles. The molecular weight excluding hydrogens is 174 g/mol. The van der Waals surface area contributed by atoms with E-state index in [1.54, 1.807) is 0 Å². The first-order valence-corrected chi connectivity index (χ1v) is 4.83. The van der Waals surface area contributed by atoms with Gasteiger partial charge in [-0.15, -0.1) is 0 Å². The van der Waals surface area contributed by atoms with Crippen LogP contribution in [0.2, 0.25) is 0 Å². The molecule has 2 aromatic rings. The van der Waals surface area contributed by atoms with Gasteiger partial charge in [-0.1, -0.05) is 13.0 Å². The fourth-order valence-corrected chi connectivity index (χ4v) is 1.60. The van der Waals surface area contributed by atoms with Crippen LogP contribution in [-0.4, -0.2) is 16.1 Å². The zero-order chi connectivity index (χ0) is 10.1. The van der Waals surface area contributed by atoms with Crippen LogP contribution in [0, 0.1) is 0 Å². The lowest BCUT2D eigenvalue weighted by atomic mass is 10.0. The van der Waals surface area contributed by atoms with Crippen LogP contribution in [-0.2, 0) is 7.05 Å². The molecule has 1 unspecified atom stereocenters. The van der Waals surface area contributed by atoms with Crippen LogP contribution in [0.1, 0.15) is 18.4 Å². The minimum Gasteiger partial charge on any atom is -0.334 e. The quantitative estimate of drug-likeness (QED) is 0.780. The summed E-state index contributed by atoms with van der Waals surface area (Å²) in [5.41, 5.74) is 9.10. The highest BCUT2D eigenvalue weighted by Crippen LogP contribution is 2.19. The number of hydrogen-bond acceptors (Lipinski definition) is 2. The maximum atomic E-state index is 5.63. The molecule has 0 saturated carbocycles. The van der Waals surface area contributed by atoms with Gasteiger partial charge in [0, 0.05) is 7.05 Å². The number of imidazole rings is 1. The fourth-order valence-electron chi connectivity index (χ4n) is 1.60. The predicted octanol–water partition coefficient (Wildman–Crippen LogP) is 1.64. The highest BCUT2D eigenvalue weighted by molar-refractivity contribution is 5.76. The summed E-state index contributed by atoms with van der Waals surface area (Å²) in [6.45, 7) is 2.81. The predicted molar refractivity (Wildman–Crippen MR) is 58.2 cm³/mol. The van der Waals surface area contributed by atoms with Crippen molar-refractivity contribution in [3.63, 3.8) is 0 Å². The summed E-state index contributed by atoms with van der Waals surface area (Å²) in [4.78, 5) is 4.32. The Morgan fingerprint density at radius 3 is 3.00 bits per heavy atom. The molecule has 3 nitrogen and oxygen atoms in total. The first-order valence-electron chi connectivity index (χ1n) is 4.83. The van der Waals surface area contributed by atoms with Crippen LogP contribution in [0.5, 0.6) is 0 Å². The van der Waals surface area contributed by atoms with Crippen LogP contribution >= 0.6 is 0 Å². The molecule has 2 N–H and O–H groups in total. The second kappa shape index (κ2) is 3.42. The molecule has 0 radical (unpaired) electrons. The lowest BCUT2D eigenvalue weighted by Gasteiger charge is -2.08. The molecule has 0 aliphatic rings. The molecule has 0 bridgehead atoms. The zero-order valence-electron chi connectivity index (χ0n) is 8.57. The third-order valence-electron chi connectivity index (χ3n) is 2.67. The van der Waals surface area contributed by atoms with E-state index in [1.165, 1.54) is 5.56 Å². The number of nitrogens with two attached hydrogens (primary N) is 1. The molecule has 0 spiro atoms. The van der Waals surface area contributed by atoms with Crippen LogP contribution in [0.3, 0.4) is 0 Å². The van der Waals surface area contributed by atoms with Crippen LogP contribution in [0.25, 0.3) is 11.0 Å². The van der Waals surface area contributed by atoms with Gasteiger partial charge in [-0.05, 0) is 30.2 Å². The first-order chi connectivity index (χ1) is 6.72. The first kappa shape index (κ1) is 9.21. The topological polar surface area (TPSA) is 43.8 Å². The van der Waals surface area contributed by atoms with E-state index in [0.717, 1.165) is 11.0 Å². The summed E-state index contributed by atoms with van der Waals surface area (Å²) in [5.74, 6) is 0.404. The van der Waals surface area contributed by atoms with E-state index in [4.69, 9.17) is 5.73 Å². The van der Waals surface area contributed by atoms with Crippen molar-refractivity contribution in [3.05, 3.63) is 30.1 Å². The summed E-state index contributed by atoms with van der Waals surface area (Å²) in [5, 5.41) is 0. The van der Waals surface area contributed by atoms with E-state index in [9.17, 15) is 0 Å². The maximum absolute atomic E-state index is 5.63. The molecule has 1 aromatic carbocycles. The second-order valence-electron chi connectivity index (χ2n) is 3.74. The molecule has 3 heteroatoms. The van der Waals surface area contributed by atoms with E-state index >= 15 is 0 Å². The van der Waals surface area contributed by atoms with Crippen molar-refractivity contribution in [2.75, 3.05) is 6.54 Å². The molecule has 1 aromatic heterocycles. The molecule has 0 fully saturated rings. The van der Waals surface area contributed by atoms with Crippen molar-refractivity contribution in [1.29, 1.82) is 0 Å². The number of nitrogens with zero attached hydrogens (tertiary/aromatic N) is 2. The van der Waals surface area contributed by atoms with Crippen LogP contribution in [0.4, 0.5) is 0 Å². The van der Waals surface area contributed by atoms with E-state index in [-0.39, 0.29) is 0 Å². The molecule has 0 saturated heterocycles. The molecule has 1 atom stereocenters. The Kier molecular flexibility index (Phi) is 2.25. The third-order valence-corrected chi connectivity index (χ3v) is 2.67. The standard InChI is InChI=1S/C11H15N3/c1-8(6-12)9-3-4-11-10(5-9)13-7-14(11)2/h3-5,7-8H,6,12H2,1-2H3. The van der Waals surface area contributed by atoms with E-state index in [2.05, 4.69) is 30.1 Å². The van der Waals surface area contributed by atoms with Crippen LogP contribution < -0.4 is 5.73 Å². The van der Waals surface area contributed by atoms with E-state index in [0.29, 0.717) is 12.5 Å². The van der Waals surface area contributed by atoms with Gasteiger partial charge >= 0.3 is 0 Å². The molecule has 0 aliphatic carbocycles. The number of aromatic nitrogens is 2. The normalized spacial score (nSPS) is 13.4. The van der Waals surface area contributed by atoms with Crippen molar-refractivity contribution in [2.45, 2.75) is 12.8 Å². The van der Waals surface area contributed by atoms with Gasteiger partial charge in [-0.3, -0.25) is 0 Å². The Bertz CT molecular complexity index is 445. The Labute approximate surface area is 83.6 Å². The van der Waals surface area contributed by atoms with Crippen molar-refractivity contribution in [2.24, 2.45) is 12.8 Å². The van der Waals surface area contributed by atoms with Gasteiger partial charge in [0.05, 0.1) is 17.4 Å². The fraction of sp³-hybridized carbons (Fsp3) is 0.364. The van der Waals surface area contributed by atoms with Crippen molar-refractivity contribution < 1.29 is 0 Å². The SMILES string of the molecule is CC(CN)c1ccc2c(c1)ncn2C. The second-order valence-corrected chi connectivity index (χ2v) is 3.74. The average Bonchev–Trinajstić information content (AvgIpc) is 2.59. The summed E-state index contributed by atoms with van der Waals surface area (Å²) in [6, 6.07) is 6.35. The molecule has 2 rings (SSSR count). The van der Waals surface area contributed by atoms with E-state index < -0.39 is 0 Å². The molecule has 0 amide bonds. The van der Waals surface area contributed by atoms with Crippen LogP contribution in [0.15, 0.2) is 24.5 Å². The number of aryl methyl sites for hydroxylation is 1. The highest BCUT2D eigenvalue weighted by atomic mass is 15.0. The average molecular weight is 189 g/mol. The summed E-state index contributed by atoms with van der Waals surface area (Å²) < 4.78 is 2.02. The largest absolute Gasteiger partial charge is 0.334 e. The Balaban J connectivity index is 2.52. The van der Waals surface area contributed by atoms with Gasteiger partial charge in [0.1, 0.15) is 0 Å². The molecule has 74 valence electrons. The summed E-state index contributed by atoms with van der Waals surface area (Å²) in [6.07, 6.45) is 1.83. The van der Waals surface area contributed by atoms with Gasteiger partial charge in [0.2, 0.25) is 0 Å². The number of rotatable bonds is 2. The van der Waals surface area contributed by atoms with Gasteiger partial charge < -0.3 is 10.3 Å². The smallest absolute Gasteiger partial charge is 0.0955 e. The van der Waals surface area contributed by atoms with Gasteiger partial charge in [-0.2, -0.15) is 0 Å². The summed E-state index contributed by atoms with van der Waals surface area (Å²) >= 11 is 0. The molecule has 14 heavy (non-hydrogen) atoms.